The normalized spacial score (nSPS) is 15.0. The van der Waals surface area contributed by atoms with Gasteiger partial charge in [-0.25, -0.2) is 8.42 Å². The van der Waals surface area contributed by atoms with E-state index in [9.17, 15) is 18.0 Å². The van der Waals surface area contributed by atoms with Gasteiger partial charge >= 0.3 is 0 Å². The standard InChI is InChI=1S/C22H27N3O6S/c1-16(31-18-10-8-17(9-11-18)24(2)32(3,28)29)21(26)23-20-7-5-4-6-19(20)22(27)25-12-14-30-15-13-25/h4-11,16H,12-15H2,1-3H3,(H,23,26)/t16-/m1/s1. The van der Waals surface area contributed by atoms with Gasteiger partial charge in [-0.15, -0.1) is 0 Å². The minimum absolute atomic E-state index is 0.164. The third-order valence-electron chi connectivity index (χ3n) is 5.09. The molecule has 9 nitrogen and oxygen atoms in total. The van der Waals surface area contributed by atoms with Crippen molar-refractivity contribution < 1.29 is 27.5 Å². The van der Waals surface area contributed by atoms with Crippen molar-refractivity contribution in [3.8, 4) is 5.75 Å². The van der Waals surface area contributed by atoms with E-state index in [4.69, 9.17) is 9.47 Å². The van der Waals surface area contributed by atoms with Crippen molar-refractivity contribution in [2.75, 3.05) is 49.2 Å². The Morgan fingerprint density at radius 2 is 1.72 bits per heavy atom. The van der Waals surface area contributed by atoms with Crippen molar-refractivity contribution in [3.05, 3.63) is 54.1 Å². The number of hydrogen-bond acceptors (Lipinski definition) is 6. The van der Waals surface area contributed by atoms with Crippen molar-refractivity contribution in [1.82, 2.24) is 4.90 Å². The first-order chi connectivity index (χ1) is 15.2. The number of benzene rings is 2. The van der Waals surface area contributed by atoms with Gasteiger partial charge in [0, 0.05) is 20.1 Å². The van der Waals surface area contributed by atoms with Gasteiger partial charge in [-0.05, 0) is 43.3 Å². The van der Waals surface area contributed by atoms with Crippen molar-refractivity contribution >= 4 is 33.2 Å². The van der Waals surface area contributed by atoms with Gasteiger partial charge in [0.25, 0.3) is 11.8 Å². The van der Waals surface area contributed by atoms with E-state index in [1.165, 1.54) is 7.05 Å². The molecule has 1 aliphatic heterocycles. The molecule has 0 saturated carbocycles. The summed E-state index contributed by atoms with van der Waals surface area (Å²) in [5.74, 6) is -0.163. The molecule has 0 bridgehead atoms. The topological polar surface area (TPSA) is 105 Å². The van der Waals surface area contributed by atoms with Crippen molar-refractivity contribution in [3.63, 3.8) is 0 Å². The molecule has 2 aromatic carbocycles. The Kier molecular flexibility index (Phi) is 7.37. The van der Waals surface area contributed by atoms with E-state index in [2.05, 4.69) is 5.32 Å². The summed E-state index contributed by atoms with van der Waals surface area (Å²) in [6, 6.07) is 13.2. The largest absolute Gasteiger partial charge is 0.481 e. The summed E-state index contributed by atoms with van der Waals surface area (Å²) in [4.78, 5) is 27.3. The summed E-state index contributed by atoms with van der Waals surface area (Å²) in [6.45, 7) is 3.59. The molecule has 10 heteroatoms. The number of ether oxygens (including phenoxy) is 2. The molecule has 1 aliphatic rings. The number of sulfonamides is 1. The molecular weight excluding hydrogens is 434 g/mol. The highest BCUT2D eigenvalue weighted by Crippen LogP contribution is 2.22. The van der Waals surface area contributed by atoms with Gasteiger partial charge in [0.1, 0.15) is 5.75 Å². The second-order valence-corrected chi connectivity index (χ2v) is 9.44. The number of hydrogen-bond donors (Lipinski definition) is 1. The lowest BCUT2D eigenvalue weighted by Gasteiger charge is -2.27. The van der Waals surface area contributed by atoms with Gasteiger partial charge in [-0.3, -0.25) is 13.9 Å². The highest BCUT2D eigenvalue weighted by atomic mass is 32.2. The van der Waals surface area contributed by atoms with E-state index >= 15 is 0 Å². The van der Waals surface area contributed by atoms with Crippen LogP contribution >= 0.6 is 0 Å². The number of carbonyl (C=O) groups is 2. The second kappa shape index (κ2) is 10.0. The third-order valence-corrected chi connectivity index (χ3v) is 6.30. The zero-order valence-corrected chi connectivity index (χ0v) is 19.1. The van der Waals surface area contributed by atoms with Gasteiger partial charge in [-0.2, -0.15) is 0 Å². The molecule has 1 saturated heterocycles. The van der Waals surface area contributed by atoms with E-state index in [1.807, 2.05) is 0 Å². The highest BCUT2D eigenvalue weighted by molar-refractivity contribution is 7.92. The first-order valence-corrected chi connectivity index (χ1v) is 12.0. The number of rotatable bonds is 7. The Labute approximate surface area is 188 Å². The number of nitrogens with zero attached hydrogens (tertiary/aromatic N) is 2. The first kappa shape index (κ1) is 23.6. The Bertz CT molecular complexity index is 1070. The maximum Gasteiger partial charge on any atom is 0.265 e. The molecule has 172 valence electrons. The van der Waals surface area contributed by atoms with E-state index in [0.29, 0.717) is 49.0 Å². The maximum absolute atomic E-state index is 12.9. The van der Waals surface area contributed by atoms with Crippen LogP contribution in [0.2, 0.25) is 0 Å². The van der Waals surface area contributed by atoms with Gasteiger partial charge in [0.15, 0.2) is 6.10 Å². The van der Waals surface area contributed by atoms with Crippen LogP contribution in [0.4, 0.5) is 11.4 Å². The summed E-state index contributed by atoms with van der Waals surface area (Å²) in [5, 5.41) is 2.77. The first-order valence-electron chi connectivity index (χ1n) is 10.1. The molecule has 2 amide bonds. The predicted molar refractivity (Wildman–Crippen MR) is 122 cm³/mol. The molecule has 32 heavy (non-hydrogen) atoms. The fourth-order valence-corrected chi connectivity index (χ4v) is 3.64. The quantitative estimate of drug-likeness (QED) is 0.676. The maximum atomic E-state index is 12.9. The van der Waals surface area contributed by atoms with Gasteiger partial charge in [-0.1, -0.05) is 12.1 Å². The van der Waals surface area contributed by atoms with Crippen LogP contribution in [0.3, 0.4) is 0 Å². The van der Waals surface area contributed by atoms with Crippen LogP contribution in [0.15, 0.2) is 48.5 Å². The fraction of sp³-hybridized carbons (Fsp3) is 0.364. The molecule has 0 aliphatic carbocycles. The second-order valence-electron chi connectivity index (χ2n) is 7.42. The predicted octanol–water partition coefficient (Wildman–Crippen LogP) is 1.96. The van der Waals surface area contributed by atoms with Crippen LogP contribution in [-0.4, -0.2) is 70.8 Å². The number of para-hydroxylation sites is 1. The SMILES string of the molecule is C[C@@H](Oc1ccc(N(C)S(C)(=O)=O)cc1)C(=O)Nc1ccccc1C(=O)N1CCOCC1. The van der Waals surface area contributed by atoms with E-state index in [0.717, 1.165) is 10.6 Å². The number of anilines is 2. The van der Waals surface area contributed by atoms with E-state index in [-0.39, 0.29) is 5.91 Å². The van der Waals surface area contributed by atoms with Gasteiger partial charge < -0.3 is 19.7 Å². The lowest BCUT2D eigenvalue weighted by molar-refractivity contribution is -0.122. The molecule has 1 fully saturated rings. The molecule has 0 unspecified atom stereocenters. The fourth-order valence-electron chi connectivity index (χ4n) is 3.13. The van der Waals surface area contributed by atoms with Gasteiger partial charge in [0.05, 0.1) is 36.4 Å². The van der Waals surface area contributed by atoms with E-state index in [1.54, 1.807) is 60.4 Å². The smallest absolute Gasteiger partial charge is 0.265 e. The monoisotopic (exact) mass is 461 g/mol. The minimum atomic E-state index is -3.37. The van der Waals surface area contributed by atoms with Crippen molar-refractivity contribution in [2.24, 2.45) is 0 Å². The molecule has 3 rings (SSSR count). The zero-order valence-electron chi connectivity index (χ0n) is 18.3. The number of morpholine rings is 1. The van der Waals surface area contributed by atoms with E-state index < -0.39 is 22.0 Å². The van der Waals surface area contributed by atoms with Crippen molar-refractivity contribution in [1.29, 1.82) is 0 Å². The molecule has 1 N–H and O–H groups in total. The van der Waals surface area contributed by atoms with Gasteiger partial charge in [0.2, 0.25) is 10.0 Å². The van der Waals surface area contributed by atoms with Crippen LogP contribution in [-0.2, 0) is 19.6 Å². The van der Waals surface area contributed by atoms with Crippen LogP contribution in [0.25, 0.3) is 0 Å². The Morgan fingerprint density at radius 1 is 1.09 bits per heavy atom. The van der Waals surface area contributed by atoms with Crippen LogP contribution in [0, 0.1) is 0 Å². The Balaban J connectivity index is 1.65. The average molecular weight is 462 g/mol. The zero-order chi connectivity index (χ0) is 23.3. The molecule has 0 aromatic heterocycles. The van der Waals surface area contributed by atoms with Crippen LogP contribution < -0.4 is 14.4 Å². The molecular formula is C22H27N3O6S. The summed E-state index contributed by atoms with van der Waals surface area (Å²) >= 11 is 0. The summed E-state index contributed by atoms with van der Waals surface area (Å²) < 4.78 is 35.4. The Morgan fingerprint density at radius 3 is 2.34 bits per heavy atom. The number of amides is 2. The lowest BCUT2D eigenvalue weighted by Crippen LogP contribution is -2.41. The highest BCUT2D eigenvalue weighted by Gasteiger charge is 2.23. The molecule has 1 heterocycles. The molecule has 0 radical (unpaired) electrons. The molecule has 1 atom stereocenters. The van der Waals surface area contributed by atoms with Crippen molar-refractivity contribution in [2.45, 2.75) is 13.0 Å². The average Bonchev–Trinajstić information content (AvgIpc) is 2.79. The van der Waals surface area contributed by atoms with Crippen LogP contribution in [0.5, 0.6) is 5.75 Å². The summed E-state index contributed by atoms with van der Waals surface area (Å²) in [6.07, 6.45) is 0.269. The van der Waals surface area contributed by atoms with Crippen LogP contribution in [0.1, 0.15) is 17.3 Å². The number of carbonyl (C=O) groups excluding carboxylic acids is 2. The summed E-state index contributed by atoms with van der Waals surface area (Å²) in [7, 11) is -1.91. The third kappa shape index (κ3) is 5.77. The lowest BCUT2D eigenvalue weighted by atomic mass is 10.1. The number of nitrogens with one attached hydrogen (secondary N) is 1. The summed E-state index contributed by atoms with van der Waals surface area (Å²) in [5.41, 5.74) is 1.30. The molecule has 2 aromatic rings. The Hall–Kier alpha value is -3.11. The minimum Gasteiger partial charge on any atom is -0.481 e. The molecule has 0 spiro atoms.